The van der Waals surface area contributed by atoms with Crippen molar-refractivity contribution in [3.05, 3.63) is 53.9 Å². The summed E-state index contributed by atoms with van der Waals surface area (Å²) in [5.41, 5.74) is 2.66. The molecule has 1 N–H and O–H groups in total. The van der Waals surface area contributed by atoms with Crippen LogP contribution in [0.15, 0.2) is 42.7 Å². The summed E-state index contributed by atoms with van der Waals surface area (Å²) in [5, 5.41) is 12.2. The lowest BCUT2D eigenvalue weighted by Gasteiger charge is -2.12. The van der Waals surface area contributed by atoms with Crippen LogP contribution >= 0.6 is 0 Å². The standard InChI is InChI=1S/C20H19N5O4/c1-27-14-6-12(7-15(9-14)28-2)10-21-20-23-17-5-4-13(19(26)29-3)8-16(17)18-24-22-11-25(18)20/h4-9,11H,10H2,1-3H3,(H,21,23). The first-order chi connectivity index (χ1) is 14.1. The van der Waals surface area contributed by atoms with E-state index in [0.717, 1.165) is 5.56 Å². The molecule has 0 saturated heterocycles. The van der Waals surface area contributed by atoms with Gasteiger partial charge in [-0.05, 0) is 35.9 Å². The molecule has 29 heavy (non-hydrogen) atoms. The molecule has 4 rings (SSSR count). The highest BCUT2D eigenvalue weighted by molar-refractivity contribution is 5.99. The molecular weight excluding hydrogens is 374 g/mol. The third-order valence-corrected chi connectivity index (χ3v) is 4.52. The van der Waals surface area contributed by atoms with Crippen molar-refractivity contribution in [1.82, 2.24) is 19.6 Å². The predicted molar refractivity (Wildman–Crippen MR) is 107 cm³/mol. The lowest BCUT2D eigenvalue weighted by atomic mass is 10.1. The number of fused-ring (bicyclic) bond motifs is 3. The Bertz CT molecular complexity index is 1180. The van der Waals surface area contributed by atoms with Crippen LogP contribution in [0.5, 0.6) is 11.5 Å². The summed E-state index contributed by atoms with van der Waals surface area (Å²) in [6, 6.07) is 10.8. The fourth-order valence-electron chi connectivity index (χ4n) is 3.07. The number of methoxy groups -OCH3 is 3. The first-order valence-corrected chi connectivity index (χ1v) is 8.80. The summed E-state index contributed by atoms with van der Waals surface area (Å²) in [6.07, 6.45) is 1.57. The lowest BCUT2D eigenvalue weighted by molar-refractivity contribution is 0.0601. The van der Waals surface area contributed by atoms with E-state index >= 15 is 0 Å². The van der Waals surface area contributed by atoms with Crippen molar-refractivity contribution in [2.75, 3.05) is 26.6 Å². The molecule has 0 amide bonds. The first-order valence-electron chi connectivity index (χ1n) is 8.80. The molecule has 2 heterocycles. The first kappa shape index (κ1) is 18.5. The van der Waals surface area contributed by atoms with Crippen LogP contribution in [-0.2, 0) is 11.3 Å². The maximum Gasteiger partial charge on any atom is 0.337 e. The SMILES string of the molecule is COC(=O)c1ccc2nc(NCc3cc(OC)cc(OC)c3)n3cnnc3c2c1. The number of rotatable bonds is 6. The van der Waals surface area contributed by atoms with Crippen molar-refractivity contribution in [2.45, 2.75) is 6.54 Å². The number of hydrogen-bond acceptors (Lipinski definition) is 8. The maximum absolute atomic E-state index is 11.8. The van der Waals surface area contributed by atoms with Gasteiger partial charge in [-0.1, -0.05) is 0 Å². The summed E-state index contributed by atoms with van der Waals surface area (Å²) in [6.45, 7) is 0.486. The molecule has 0 aliphatic carbocycles. The quantitative estimate of drug-likeness (QED) is 0.499. The van der Waals surface area contributed by atoms with Gasteiger partial charge in [-0.3, -0.25) is 4.40 Å². The zero-order chi connectivity index (χ0) is 20.4. The smallest absolute Gasteiger partial charge is 0.337 e. The van der Waals surface area contributed by atoms with Crippen LogP contribution in [0.4, 0.5) is 5.95 Å². The van der Waals surface area contributed by atoms with E-state index in [2.05, 4.69) is 20.5 Å². The number of hydrogen-bond donors (Lipinski definition) is 1. The number of carbonyl (C=O) groups excluding carboxylic acids is 1. The summed E-state index contributed by atoms with van der Waals surface area (Å²) in [5.74, 6) is 1.57. The van der Waals surface area contributed by atoms with Gasteiger partial charge in [-0.2, -0.15) is 0 Å². The third kappa shape index (κ3) is 3.49. The molecule has 9 heteroatoms. The monoisotopic (exact) mass is 393 g/mol. The van der Waals surface area contributed by atoms with Crippen LogP contribution in [0, 0.1) is 0 Å². The highest BCUT2D eigenvalue weighted by Crippen LogP contribution is 2.25. The minimum absolute atomic E-state index is 0.418. The molecule has 0 bridgehead atoms. The van der Waals surface area contributed by atoms with Gasteiger partial charge < -0.3 is 19.5 Å². The normalized spacial score (nSPS) is 10.9. The molecule has 0 unspecified atom stereocenters. The van der Waals surface area contributed by atoms with Gasteiger partial charge in [-0.25, -0.2) is 9.78 Å². The number of esters is 1. The number of nitrogens with one attached hydrogen (secondary N) is 1. The van der Waals surface area contributed by atoms with Gasteiger partial charge in [-0.15, -0.1) is 10.2 Å². The Morgan fingerprint density at radius 2 is 1.83 bits per heavy atom. The van der Waals surface area contributed by atoms with Gasteiger partial charge in [0.2, 0.25) is 5.95 Å². The molecule has 0 aliphatic rings. The second-order valence-corrected chi connectivity index (χ2v) is 6.26. The number of anilines is 1. The second kappa shape index (κ2) is 7.63. The molecule has 2 aromatic heterocycles. The topological polar surface area (TPSA) is 99.9 Å². The van der Waals surface area contributed by atoms with Crippen LogP contribution in [0.1, 0.15) is 15.9 Å². The van der Waals surface area contributed by atoms with E-state index in [0.29, 0.717) is 46.1 Å². The Morgan fingerprint density at radius 1 is 1.07 bits per heavy atom. The van der Waals surface area contributed by atoms with E-state index in [-0.39, 0.29) is 0 Å². The summed E-state index contributed by atoms with van der Waals surface area (Å²) < 4.78 is 17.2. The molecule has 0 atom stereocenters. The van der Waals surface area contributed by atoms with Gasteiger partial charge >= 0.3 is 5.97 Å². The number of carbonyl (C=O) groups is 1. The van der Waals surface area contributed by atoms with Gasteiger partial charge in [0.1, 0.15) is 17.8 Å². The molecule has 0 saturated carbocycles. The van der Waals surface area contributed by atoms with Crippen LogP contribution in [0.25, 0.3) is 16.6 Å². The van der Waals surface area contributed by atoms with Crippen molar-refractivity contribution in [2.24, 2.45) is 0 Å². The highest BCUT2D eigenvalue weighted by atomic mass is 16.5. The largest absolute Gasteiger partial charge is 0.497 e. The molecular formula is C20H19N5O4. The van der Waals surface area contributed by atoms with E-state index in [9.17, 15) is 4.79 Å². The Balaban J connectivity index is 1.71. The Kier molecular flexibility index (Phi) is 4.86. The molecule has 0 aliphatic heterocycles. The molecule has 4 aromatic rings. The van der Waals surface area contributed by atoms with E-state index in [1.54, 1.807) is 43.1 Å². The maximum atomic E-state index is 11.8. The van der Waals surface area contributed by atoms with E-state index < -0.39 is 5.97 Å². The van der Waals surface area contributed by atoms with Crippen LogP contribution in [-0.4, -0.2) is 46.9 Å². The lowest BCUT2D eigenvalue weighted by Crippen LogP contribution is -2.08. The molecule has 2 aromatic carbocycles. The molecule has 148 valence electrons. The van der Waals surface area contributed by atoms with Crippen molar-refractivity contribution in [3.8, 4) is 11.5 Å². The van der Waals surface area contributed by atoms with Crippen molar-refractivity contribution >= 4 is 28.5 Å². The van der Waals surface area contributed by atoms with Crippen molar-refractivity contribution in [1.29, 1.82) is 0 Å². The van der Waals surface area contributed by atoms with E-state index in [1.165, 1.54) is 7.11 Å². The second-order valence-electron chi connectivity index (χ2n) is 6.26. The minimum atomic E-state index is -0.418. The summed E-state index contributed by atoms with van der Waals surface area (Å²) in [7, 11) is 4.57. The van der Waals surface area contributed by atoms with Crippen LogP contribution in [0.3, 0.4) is 0 Å². The zero-order valence-electron chi connectivity index (χ0n) is 16.2. The molecule has 0 fully saturated rings. The summed E-state index contributed by atoms with van der Waals surface area (Å²) in [4.78, 5) is 16.5. The zero-order valence-corrected chi connectivity index (χ0v) is 16.2. The predicted octanol–water partition coefficient (Wildman–Crippen LogP) is 2.69. The van der Waals surface area contributed by atoms with Crippen molar-refractivity contribution < 1.29 is 19.0 Å². The Hall–Kier alpha value is -3.88. The molecule has 0 radical (unpaired) electrons. The van der Waals surface area contributed by atoms with Crippen LogP contribution < -0.4 is 14.8 Å². The fourth-order valence-corrected chi connectivity index (χ4v) is 3.07. The highest BCUT2D eigenvalue weighted by Gasteiger charge is 2.13. The van der Waals surface area contributed by atoms with E-state index in [1.807, 2.05) is 18.2 Å². The Labute approximate surface area is 166 Å². The van der Waals surface area contributed by atoms with Gasteiger partial charge in [0.25, 0.3) is 0 Å². The Morgan fingerprint density at radius 3 is 2.52 bits per heavy atom. The van der Waals surface area contributed by atoms with Crippen LogP contribution in [0.2, 0.25) is 0 Å². The average molecular weight is 393 g/mol. The number of benzene rings is 2. The number of ether oxygens (including phenoxy) is 3. The average Bonchev–Trinajstić information content (AvgIpc) is 3.26. The minimum Gasteiger partial charge on any atom is -0.497 e. The number of aromatic nitrogens is 4. The third-order valence-electron chi connectivity index (χ3n) is 4.52. The van der Waals surface area contributed by atoms with Crippen molar-refractivity contribution in [3.63, 3.8) is 0 Å². The molecule has 9 nitrogen and oxygen atoms in total. The summed E-state index contributed by atoms with van der Waals surface area (Å²) >= 11 is 0. The fraction of sp³-hybridized carbons (Fsp3) is 0.200. The van der Waals surface area contributed by atoms with Gasteiger partial charge in [0, 0.05) is 18.0 Å². The van der Waals surface area contributed by atoms with Gasteiger partial charge in [0.15, 0.2) is 5.65 Å². The van der Waals surface area contributed by atoms with Gasteiger partial charge in [0.05, 0.1) is 32.4 Å². The van der Waals surface area contributed by atoms with E-state index in [4.69, 9.17) is 14.2 Å². The number of nitrogens with zero attached hydrogens (tertiary/aromatic N) is 4. The molecule has 0 spiro atoms.